The van der Waals surface area contributed by atoms with Crippen molar-refractivity contribution < 1.29 is 13.2 Å². The Morgan fingerprint density at radius 3 is 2.39 bits per heavy atom. The van der Waals surface area contributed by atoms with Crippen molar-refractivity contribution in [1.29, 1.82) is 0 Å². The lowest BCUT2D eigenvalue weighted by atomic mass is 10.1. The topological polar surface area (TPSA) is 108 Å². The normalized spacial score (nSPS) is 15.2. The van der Waals surface area contributed by atoms with Gasteiger partial charge in [-0.25, -0.2) is 5.84 Å². The third kappa shape index (κ3) is 4.33. The Kier molecular flexibility index (Phi) is 6.30. The molecule has 1 fully saturated rings. The molecule has 0 spiro atoms. The summed E-state index contributed by atoms with van der Waals surface area (Å²) in [6.45, 7) is 4.18. The van der Waals surface area contributed by atoms with E-state index in [4.69, 9.17) is 5.84 Å². The van der Waals surface area contributed by atoms with Crippen molar-refractivity contribution in [3.05, 3.63) is 65.2 Å². The van der Waals surface area contributed by atoms with Gasteiger partial charge in [-0.3, -0.25) is 14.5 Å². The second-order valence-corrected chi connectivity index (χ2v) is 8.47. The molecule has 150 valence electrons. The van der Waals surface area contributed by atoms with Gasteiger partial charge in [0.25, 0.3) is 5.91 Å². The van der Waals surface area contributed by atoms with Crippen LogP contribution >= 0.6 is 0 Å². The molecule has 4 N–H and O–H groups in total. The summed E-state index contributed by atoms with van der Waals surface area (Å²) in [7, 11) is -3.70. The Balaban J connectivity index is 1.95. The van der Waals surface area contributed by atoms with Crippen LogP contribution in [0.5, 0.6) is 0 Å². The van der Waals surface area contributed by atoms with Crippen LogP contribution in [0, 0.1) is 6.92 Å². The largest absolute Gasteiger partial charge is 0.314 e. The van der Waals surface area contributed by atoms with E-state index < -0.39 is 16.1 Å². The van der Waals surface area contributed by atoms with Gasteiger partial charge in [0, 0.05) is 31.7 Å². The molecule has 0 unspecified atom stereocenters. The van der Waals surface area contributed by atoms with Crippen LogP contribution in [0.3, 0.4) is 0 Å². The van der Waals surface area contributed by atoms with Crippen LogP contribution in [0.2, 0.25) is 0 Å². The zero-order valence-electron chi connectivity index (χ0n) is 15.8. The third-order valence-electron chi connectivity index (χ3n) is 4.74. The molecule has 1 saturated heterocycles. The maximum Gasteiger partial charge on any atom is 0.304 e. The van der Waals surface area contributed by atoms with E-state index >= 15 is 0 Å². The minimum absolute atomic E-state index is 0.168. The van der Waals surface area contributed by atoms with E-state index in [1.54, 1.807) is 24.3 Å². The molecule has 0 aliphatic carbocycles. The number of aryl methyl sites for hydroxylation is 1. The number of amides is 1. The average Bonchev–Trinajstić information content (AvgIpc) is 2.73. The van der Waals surface area contributed by atoms with Gasteiger partial charge in [0.05, 0.1) is 12.2 Å². The standard InChI is InChI=1S/C19H25N5O3S/c1-15-4-2-3-5-18(15)24(28(26,27)23-12-10-21-11-13-23)14-16-6-8-17(9-7-16)19(25)22-20/h2-9,21H,10-14,20H2,1H3,(H,22,25). The zero-order chi connectivity index (χ0) is 20.1. The number of rotatable bonds is 6. The number of para-hydroxylation sites is 1. The van der Waals surface area contributed by atoms with Crippen molar-refractivity contribution in [2.24, 2.45) is 5.84 Å². The number of piperazine rings is 1. The van der Waals surface area contributed by atoms with Crippen LogP contribution in [0.25, 0.3) is 0 Å². The predicted molar refractivity (Wildman–Crippen MR) is 109 cm³/mol. The first-order chi connectivity index (χ1) is 13.4. The fourth-order valence-corrected chi connectivity index (χ4v) is 4.85. The summed E-state index contributed by atoms with van der Waals surface area (Å²) in [5.74, 6) is 4.76. The summed E-state index contributed by atoms with van der Waals surface area (Å²) < 4.78 is 29.8. The molecule has 0 radical (unpaired) electrons. The highest BCUT2D eigenvalue weighted by atomic mass is 32.2. The van der Waals surface area contributed by atoms with Crippen molar-refractivity contribution in [3.63, 3.8) is 0 Å². The second kappa shape index (κ2) is 8.70. The van der Waals surface area contributed by atoms with Gasteiger partial charge in [0.15, 0.2) is 0 Å². The highest BCUT2D eigenvalue weighted by molar-refractivity contribution is 7.90. The van der Waals surface area contributed by atoms with E-state index in [0.29, 0.717) is 37.4 Å². The number of carbonyl (C=O) groups excluding carboxylic acids is 1. The van der Waals surface area contributed by atoms with Crippen molar-refractivity contribution in [1.82, 2.24) is 15.0 Å². The number of nitrogens with one attached hydrogen (secondary N) is 2. The Bertz CT molecular complexity index is 925. The van der Waals surface area contributed by atoms with Crippen LogP contribution in [0.4, 0.5) is 5.69 Å². The van der Waals surface area contributed by atoms with Crippen LogP contribution in [-0.4, -0.2) is 44.8 Å². The molecule has 0 atom stereocenters. The zero-order valence-corrected chi connectivity index (χ0v) is 16.6. The minimum atomic E-state index is -3.70. The van der Waals surface area contributed by atoms with E-state index in [-0.39, 0.29) is 6.54 Å². The molecule has 3 rings (SSSR count). The number of carbonyl (C=O) groups is 1. The molecule has 2 aromatic rings. The third-order valence-corrected chi connectivity index (χ3v) is 6.64. The number of benzene rings is 2. The van der Waals surface area contributed by atoms with Gasteiger partial charge in [0.1, 0.15) is 0 Å². The fourth-order valence-electron chi connectivity index (χ4n) is 3.16. The molecule has 8 nitrogen and oxygen atoms in total. The van der Waals surface area contributed by atoms with Gasteiger partial charge in [0.2, 0.25) is 0 Å². The molecule has 2 aromatic carbocycles. The number of hydrogen-bond acceptors (Lipinski definition) is 5. The van der Waals surface area contributed by atoms with Crippen LogP contribution < -0.4 is 20.9 Å². The van der Waals surface area contributed by atoms with Gasteiger partial charge in [-0.1, -0.05) is 30.3 Å². The van der Waals surface area contributed by atoms with E-state index in [1.165, 1.54) is 8.61 Å². The summed E-state index contributed by atoms with van der Waals surface area (Å²) in [4.78, 5) is 11.6. The lowest BCUT2D eigenvalue weighted by Gasteiger charge is -2.34. The smallest absolute Gasteiger partial charge is 0.304 e. The maximum atomic E-state index is 13.4. The number of hydrogen-bond donors (Lipinski definition) is 3. The average molecular weight is 404 g/mol. The lowest BCUT2D eigenvalue weighted by molar-refractivity contribution is 0.0953. The molecule has 1 aliphatic heterocycles. The van der Waals surface area contributed by atoms with Gasteiger partial charge in [-0.2, -0.15) is 12.7 Å². The number of nitrogens with two attached hydrogens (primary N) is 1. The van der Waals surface area contributed by atoms with Crippen molar-refractivity contribution in [2.45, 2.75) is 13.5 Å². The fraction of sp³-hybridized carbons (Fsp3) is 0.316. The number of hydrazine groups is 1. The molecule has 28 heavy (non-hydrogen) atoms. The lowest BCUT2D eigenvalue weighted by Crippen LogP contribution is -2.51. The summed E-state index contributed by atoms with van der Waals surface area (Å²) >= 11 is 0. The molecular weight excluding hydrogens is 378 g/mol. The van der Waals surface area contributed by atoms with Crippen LogP contribution in [0.15, 0.2) is 48.5 Å². The first kappa shape index (κ1) is 20.3. The Hall–Kier alpha value is -2.46. The predicted octanol–water partition coefficient (Wildman–Crippen LogP) is 0.755. The number of nitrogen functional groups attached to an aromatic ring is 1. The first-order valence-electron chi connectivity index (χ1n) is 9.07. The molecule has 9 heteroatoms. The highest BCUT2D eigenvalue weighted by Crippen LogP contribution is 2.27. The van der Waals surface area contributed by atoms with Gasteiger partial charge >= 0.3 is 10.2 Å². The molecule has 1 amide bonds. The van der Waals surface area contributed by atoms with Crippen LogP contribution in [0.1, 0.15) is 21.5 Å². The Morgan fingerprint density at radius 2 is 1.79 bits per heavy atom. The molecule has 0 bridgehead atoms. The van der Waals surface area contributed by atoms with E-state index in [1.807, 2.05) is 31.2 Å². The van der Waals surface area contributed by atoms with E-state index in [9.17, 15) is 13.2 Å². The van der Waals surface area contributed by atoms with E-state index in [0.717, 1.165) is 11.1 Å². The molecule has 1 heterocycles. The quantitative estimate of drug-likeness (QED) is 0.375. The maximum absolute atomic E-state index is 13.4. The summed E-state index contributed by atoms with van der Waals surface area (Å²) in [5.41, 5.74) is 4.79. The summed E-state index contributed by atoms with van der Waals surface area (Å²) in [6, 6.07) is 14.2. The summed E-state index contributed by atoms with van der Waals surface area (Å²) in [6.07, 6.45) is 0. The second-order valence-electron chi connectivity index (χ2n) is 6.62. The molecule has 1 aliphatic rings. The van der Waals surface area contributed by atoms with Crippen LogP contribution in [-0.2, 0) is 16.8 Å². The minimum Gasteiger partial charge on any atom is -0.314 e. The Morgan fingerprint density at radius 1 is 1.14 bits per heavy atom. The number of anilines is 1. The molecule has 0 aromatic heterocycles. The SMILES string of the molecule is Cc1ccccc1N(Cc1ccc(C(=O)NN)cc1)S(=O)(=O)N1CCNCC1. The van der Waals surface area contributed by atoms with Crippen molar-refractivity contribution in [3.8, 4) is 0 Å². The Labute approximate surface area is 165 Å². The molecule has 0 saturated carbocycles. The number of nitrogens with zero attached hydrogens (tertiary/aromatic N) is 2. The highest BCUT2D eigenvalue weighted by Gasteiger charge is 2.31. The molecular formula is C19H25N5O3S. The van der Waals surface area contributed by atoms with Crippen molar-refractivity contribution in [2.75, 3.05) is 30.5 Å². The summed E-state index contributed by atoms with van der Waals surface area (Å²) in [5, 5.41) is 3.18. The first-order valence-corrected chi connectivity index (χ1v) is 10.5. The van der Waals surface area contributed by atoms with Crippen molar-refractivity contribution >= 4 is 21.8 Å². The van der Waals surface area contributed by atoms with E-state index in [2.05, 4.69) is 10.7 Å². The van der Waals surface area contributed by atoms with Gasteiger partial charge in [-0.05, 0) is 36.2 Å². The van der Waals surface area contributed by atoms with Gasteiger partial charge < -0.3 is 5.32 Å². The van der Waals surface area contributed by atoms with Gasteiger partial charge in [-0.15, -0.1) is 0 Å². The monoisotopic (exact) mass is 403 g/mol.